The lowest BCUT2D eigenvalue weighted by Crippen LogP contribution is -2.37. The van der Waals surface area contributed by atoms with Gasteiger partial charge in [-0.25, -0.2) is 0 Å². The van der Waals surface area contributed by atoms with Crippen molar-refractivity contribution < 1.29 is 19.0 Å². The molecular weight excluding hydrogens is 258 g/mol. The molecule has 0 aliphatic rings. The molecule has 0 heterocycles. The summed E-state index contributed by atoms with van der Waals surface area (Å²) in [5.74, 6) is 1.10. The van der Waals surface area contributed by atoms with Crippen LogP contribution in [0.2, 0.25) is 0 Å². The Bertz CT molecular complexity index is 447. The highest BCUT2D eigenvalue weighted by Crippen LogP contribution is 2.29. The first-order valence-corrected chi connectivity index (χ1v) is 6.68. The van der Waals surface area contributed by atoms with Gasteiger partial charge in [0.05, 0.1) is 20.8 Å². The summed E-state index contributed by atoms with van der Waals surface area (Å²) in [5.41, 5.74) is 1.01. The average molecular weight is 281 g/mol. The molecule has 5 heteroatoms. The summed E-state index contributed by atoms with van der Waals surface area (Å²) < 4.78 is 15.5. The van der Waals surface area contributed by atoms with Gasteiger partial charge in [0.1, 0.15) is 6.04 Å². The van der Waals surface area contributed by atoms with Crippen molar-refractivity contribution in [2.45, 2.75) is 32.9 Å². The van der Waals surface area contributed by atoms with Gasteiger partial charge in [-0.05, 0) is 38.5 Å². The van der Waals surface area contributed by atoms with Gasteiger partial charge in [0.15, 0.2) is 11.5 Å². The fraction of sp³-hybridized carbons (Fsp3) is 0.533. The summed E-state index contributed by atoms with van der Waals surface area (Å²) in [7, 11) is 3.20. The topological polar surface area (TPSA) is 56.8 Å². The Morgan fingerprint density at radius 3 is 2.40 bits per heavy atom. The number of methoxy groups -OCH3 is 2. The van der Waals surface area contributed by atoms with E-state index in [2.05, 4.69) is 5.32 Å². The zero-order valence-electron chi connectivity index (χ0n) is 12.7. The Morgan fingerprint density at radius 1 is 1.20 bits per heavy atom. The maximum Gasteiger partial charge on any atom is 0.322 e. The molecule has 1 N–H and O–H groups in total. The van der Waals surface area contributed by atoms with Crippen LogP contribution in [0.5, 0.6) is 11.5 Å². The number of hydrogen-bond donors (Lipinski definition) is 1. The smallest absolute Gasteiger partial charge is 0.322 e. The lowest BCUT2D eigenvalue weighted by atomic mass is 10.1. The second-order valence-electron chi connectivity index (χ2n) is 4.48. The van der Waals surface area contributed by atoms with Crippen LogP contribution >= 0.6 is 0 Å². The predicted molar refractivity (Wildman–Crippen MR) is 77.2 cm³/mol. The van der Waals surface area contributed by atoms with Crippen molar-refractivity contribution in [2.75, 3.05) is 20.8 Å². The fourth-order valence-corrected chi connectivity index (χ4v) is 1.93. The van der Waals surface area contributed by atoms with E-state index in [1.807, 2.05) is 25.1 Å². The third-order valence-corrected chi connectivity index (χ3v) is 3.05. The van der Waals surface area contributed by atoms with Gasteiger partial charge in [-0.1, -0.05) is 6.07 Å². The standard InChI is InChI=1S/C15H23NO4/c1-6-20-15(17)11(3)16-10(2)12-7-8-13(18-4)14(9-12)19-5/h7-11,16H,6H2,1-5H3. The van der Waals surface area contributed by atoms with Crippen LogP contribution < -0.4 is 14.8 Å². The molecule has 5 nitrogen and oxygen atoms in total. The number of benzene rings is 1. The number of rotatable bonds is 7. The van der Waals surface area contributed by atoms with Crippen LogP contribution in [0.1, 0.15) is 32.4 Å². The van der Waals surface area contributed by atoms with Gasteiger partial charge < -0.3 is 14.2 Å². The number of carbonyl (C=O) groups is 1. The molecule has 2 unspecified atom stereocenters. The van der Waals surface area contributed by atoms with Crippen molar-refractivity contribution >= 4 is 5.97 Å². The lowest BCUT2D eigenvalue weighted by Gasteiger charge is -2.20. The molecule has 0 aliphatic carbocycles. The summed E-state index contributed by atoms with van der Waals surface area (Å²) in [4.78, 5) is 11.6. The highest BCUT2D eigenvalue weighted by molar-refractivity contribution is 5.75. The molecule has 0 bridgehead atoms. The highest BCUT2D eigenvalue weighted by atomic mass is 16.5. The molecule has 0 saturated heterocycles. The zero-order chi connectivity index (χ0) is 15.1. The Morgan fingerprint density at radius 2 is 1.85 bits per heavy atom. The van der Waals surface area contributed by atoms with Gasteiger partial charge in [-0.2, -0.15) is 0 Å². The second kappa shape index (κ2) is 7.75. The van der Waals surface area contributed by atoms with Gasteiger partial charge in [0.2, 0.25) is 0 Å². The molecule has 0 fully saturated rings. The summed E-state index contributed by atoms with van der Waals surface area (Å²) >= 11 is 0. The van der Waals surface area contributed by atoms with Crippen LogP contribution in [0.25, 0.3) is 0 Å². The van der Waals surface area contributed by atoms with Crippen molar-refractivity contribution in [3.05, 3.63) is 23.8 Å². The average Bonchev–Trinajstić information content (AvgIpc) is 2.46. The molecule has 2 atom stereocenters. The number of hydrogen-bond acceptors (Lipinski definition) is 5. The van der Waals surface area contributed by atoms with E-state index in [9.17, 15) is 4.79 Å². The summed E-state index contributed by atoms with van der Waals surface area (Å²) in [5, 5.41) is 3.20. The van der Waals surface area contributed by atoms with E-state index in [0.29, 0.717) is 18.1 Å². The van der Waals surface area contributed by atoms with Crippen LogP contribution in [0.4, 0.5) is 0 Å². The predicted octanol–water partition coefficient (Wildman–Crippen LogP) is 2.31. The molecule has 0 amide bonds. The maximum atomic E-state index is 11.6. The summed E-state index contributed by atoms with van der Waals surface area (Å²) in [6.45, 7) is 5.95. The Kier molecular flexibility index (Phi) is 6.31. The largest absolute Gasteiger partial charge is 0.493 e. The van der Waals surface area contributed by atoms with E-state index >= 15 is 0 Å². The second-order valence-corrected chi connectivity index (χ2v) is 4.48. The monoisotopic (exact) mass is 281 g/mol. The maximum absolute atomic E-state index is 11.6. The molecule has 0 spiro atoms. The zero-order valence-corrected chi connectivity index (χ0v) is 12.7. The highest BCUT2D eigenvalue weighted by Gasteiger charge is 2.18. The van der Waals surface area contributed by atoms with Gasteiger partial charge in [0.25, 0.3) is 0 Å². The molecule has 0 aromatic heterocycles. The molecule has 112 valence electrons. The minimum absolute atomic E-state index is 0.00536. The lowest BCUT2D eigenvalue weighted by molar-refractivity contribution is -0.145. The van der Waals surface area contributed by atoms with Crippen molar-refractivity contribution in [2.24, 2.45) is 0 Å². The number of esters is 1. The minimum Gasteiger partial charge on any atom is -0.493 e. The van der Waals surface area contributed by atoms with E-state index in [4.69, 9.17) is 14.2 Å². The number of ether oxygens (including phenoxy) is 3. The first-order chi connectivity index (χ1) is 9.53. The SMILES string of the molecule is CCOC(=O)C(C)NC(C)c1ccc(OC)c(OC)c1. The van der Waals surface area contributed by atoms with Gasteiger partial charge >= 0.3 is 5.97 Å². The van der Waals surface area contributed by atoms with Crippen molar-refractivity contribution in [3.8, 4) is 11.5 Å². The van der Waals surface area contributed by atoms with Crippen LogP contribution in [-0.4, -0.2) is 32.8 Å². The molecule has 0 radical (unpaired) electrons. The Balaban J connectivity index is 2.77. The summed E-state index contributed by atoms with van der Waals surface area (Å²) in [6.07, 6.45) is 0. The first-order valence-electron chi connectivity index (χ1n) is 6.68. The summed E-state index contributed by atoms with van der Waals surface area (Å²) in [6, 6.07) is 5.32. The van der Waals surface area contributed by atoms with Crippen molar-refractivity contribution in [1.82, 2.24) is 5.32 Å². The fourth-order valence-electron chi connectivity index (χ4n) is 1.93. The molecule has 20 heavy (non-hydrogen) atoms. The molecule has 1 rings (SSSR count). The van der Waals surface area contributed by atoms with Crippen molar-refractivity contribution in [1.29, 1.82) is 0 Å². The van der Waals surface area contributed by atoms with Gasteiger partial charge in [-0.15, -0.1) is 0 Å². The van der Waals surface area contributed by atoms with E-state index in [0.717, 1.165) is 5.56 Å². The first kappa shape index (κ1) is 16.3. The van der Waals surface area contributed by atoms with Crippen LogP contribution in [0.15, 0.2) is 18.2 Å². The molecular formula is C15H23NO4. The third-order valence-electron chi connectivity index (χ3n) is 3.05. The quantitative estimate of drug-likeness (QED) is 0.777. The minimum atomic E-state index is -0.363. The van der Waals surface area contributed by atoms with E-state index in [1.165, 1.54) is 0 Å². The van der Waals surface area contributed by atoms with Crippen molar-refractivity contribution in [3.63, 3.8) is 0 Å². The number of nitrogens with one attached hydrogen (secondary N) is 1. The van der Waals surface area contributed by atoms with Gasteiger partial charge in [-0.3, -0.25) is 10.1 Å². The normalized spacial score (nSPS) is 13.4. The molecule has 1 aromatic rings. The molecule has 0 saturated carbocycles. The molecule has 0 aliphatic heterocycles. The van der Waals surface area contributed by atoms with Crippen LogP contribution in [-0.2, 0) is 9.53 Å². The Hall–Kier alpha value is -1.75. The van der Waals surface area contributed by atoms with E-state index in [-0.39, 0.29) is 18.1 Å². The Labute approximate surface area is 120 Å². The van der Waals surface area contributed by atoms with Crippen LogP contribution in [0.3, 0.4) is 0 Å². The van der Waals surface area contributed by atoms with Crippen LogP contribution in [0, 0.1) is 0 Å². The van der Waals surface area contributed by atoms with E-state index < -0.39 is 0 Å². The van der Waals surface area contributed by atoms with Gasteiger partial charge in [0, 0.05) is 6.04 Å². The van der Waals surface area contributed by atoms with E-state index in [1.54, 1.807) is 28.1 Å². The molecule has 1 aromatic carbocycles. The third kappa shape index (κ3) is 4.13. The number of carbonyl (C=O) groups excluding carboxylic acids is 1.